The molecule has 0 amide bonds. The summed E-state index contributed by atoms with van der Waals surface area (Å²) in [6, 6.07) is 8.00. The quantitative estimate of drug-likeness (QED) is 0.754. The second-order valence-corrected chi connectivity index (χ2v) is 6.14. The fraction of sp³-hybridized carbons (Fsp3) is 0.588. The number of ketones is 1. The predicted octanol–water partition coefficient (Wildman–Crippen LogP) is 4.00. The number of nitrogens with two attached hydrogens (primary N) is 1. The van der Waals surface area contributed by atoms with Crippen molar-refractivity contribution >= 4 is 5.78 Å². The molecule has 2 heteroatoms. The summed E-state index contributed by atoms with van der Waals surface area (Å²) in [5.41, 5.74) is 7.84. The van der Waals surface area contributed by atoms with Gasteiger partial charge < -0.3 is 5.73 Å². The Morgan fingerprint density at radius 1 is 1.11 bits per heavy atom. The van der Waals surface area contributed by atoms with Crippen molar-refractivity contribution in [1.82, 2.24) is 0 Å². The highest BCUT2D eigenvalue weighted by atomic mass is 16.1. The van der Waals surface area contributed by atoms with Crippen molar-refractivity contribution in [3.8, 4) is 0 Å². The first-order chi connectivity index (χ1) is 8.93. The van der Waals surface area contributed by atoms with Crippen LogP contribution in [0.2, 0.25) is 0 Å². The minimum Gasteiger partial charge on any atom is -0.330 e. The highest BCUT2D eigenvalue weighted by molar-refractivity contribution is 5.96. The van der Waals surface area contributed by atoms with E-state index in [4.69, 9.17) is 5.73 Å². The predicted molar refractivity (Wildman–Crippen MR) is 81.5 cm³/mol. The van der Waals surface area contributed by atoms with Gasteiger partial charge in [0.1, 0.15) is 0 Å². The molecule has 19 heavy (non-hydrogen) atoms. The van der Waals surface area contributed by atoms with Crippen LogP contribution in [0.4, 0.5) is 0 Å². The second kappa shape index (κ2) is 7.44. The molecule has 0 saturated heterocycles. The molecule has 0 fully saturated rings. The van der Waals surface area contributed by atoms with Crippen molar-refractivity contribution in [2.45, 2.75) is 46.5 Å². The number of Topliss-reactive ketones (excluding diaryl/α,β-unsaturated/α-hetero) is 1. The Bertz CT molecular complexity index is 392. The Balaban J connectivity index is 2.66. The summed E-state index contributed by atoms with van der Waals surface area (Å²) >= 11 is 0. The topological polar surface area (TPSA) is 43.1 Å². The minimum atomic E-state index is 0.214. The molecule has 1 rings (SSSR count). The number of benzene rings is 1. The van der Waals surface area contributed by atoms with Crippen molar-refractivity contribution in [2.75, 3.05) is 6.54 Å². The molecule has 0 aliphatic carbocycles. The molecule has 106 valence electrons. The summed E-state index contributed by atoms with van der Waals surface area (Å²) in [6.45, 7) is 9.25. The Labute approximate surface area is 117 Å². The third-order valence-electron chi connectivity index (χ3n) is 3.51. The van der Waals surface area contributed by atoms with Crippen molar-refractivity contribution in [3.63, 3.8) is 0 Å². The molecular weight excluding hydrogens is 234 g/mol. The maximum Gasteiger partial charge on any atom is 0.163 e. The molecule has 2 N–H and O–H groups in total. The van der Waals surface area contributed by atoms with Gasteiger partial charge in [-0.05, 0) is 36.3 Å². The van der Waals surface area contributed by atoms with Gasteiger partial charge in [-0.1, -0.05) is 52.0 Å². The molecule has 0 aliphatic rings. The lowest BCUT2D eigenvalue weighted by molar-refractivity contribution is 0.0957. The van der Waals surface area contributed by atoms with Crippen LogP contribution in [0.1, 0.15) is 62.4 Å². The van der Waals surface area contributed by atoms with E-state index in [-0.39, 0.29) is 5.78 Å². The van der Waals surface area contributed by atoms with E-state index in [0.29, 0.717) is 30.7 Å². The molecule has 0 radical (unpaired) electrons. The van der Waals surface area contributed by atoms with Crippen LogP contribution in [0.25, 0.3) is 0 Å². The van der Waals surface area contributed by atoms with Crippen LogP contribution in [-0.4, -0.2) is 12.3 Å². The molecule has 0 aromatic heterocycles. The molecule has 1 unspecified atom stereocenters. The SMILES string of the molecule is CC(C)CC(CN)CC(=O)c1ccc(C(C)C)cc1. The Kier molecular flexibility index (Phi) is 6.23. The number of rotatable bonds is 7. The largest absolute Gasteiger partial charge is 0.330 e. The van der Waals surface area contributed by atoms with Gasteiger partial charge in [-0.3, -0.25) is 4.79 Å². The van der Waals surface area contributed by atoms with E-state index in [9.17, 15) is 4.79 Å². The lowest BCUT2D eigenvalue weighted by Gasteiger charge is -2.16. The zero-order chi connectivity index (χ0) is 14.4. The average molecular weight is 261 g/mol. The molecule has 0 spiro atoms. The van der Waals surface area contributed by atoms with Crippen LogP contribution in [0, 0.1) is 11.8 Å². The molecule has 0 heterocycles. The van der Waals surface area contributed by atoms with E-state index in [1.54, 1.807) is 0 Å². The first-order valence-corrected chi connectivity index (χ1v) is 7.27. The average Bonchev–Trinajstić information content (AvgIpc) is 2.37. The molecular formula is C17H27NO. The number of carbonyl (C=O) groups excluding carboxylic acids is 1. The van der Waals surface area contributed by atoms with E-state index in [1.165, 1.54) is 5.56 Å². The normalized spacial score (nSPS) is 13.0. The standard InChI is InChI=1S/C17H27NO/c1-12(2)9-14(11-18)10-17(19)16-7-5-15(6-8-16)13(3)4/h5-8,12-14H,9-11,18H2,1-4H3. The van der Waals surface area contributed by atoms with E-state index < -0.39 is 0 Å². The van der Waals surface area contributed by atoms with Gasteiger partial charge in [0.2, 0.25) is 0 Å². The molecule has 1 aromatic carbocycles. The molecule has 0 saturated carbocycles. The summed E-state index contributed by atoms with van der Waals surface area (Å²) in [5.74, 6) is 1.61. The Morgan fingerprint density at radius 3 is 2.11 bits per heavy atom. The van der Waals surface area contributed by atoms with Gasteiger partial charge in [0.25, 0.3) is 0 Å². The maximum atomic E-state index is 12.2. The smallest absolute Gasteiger partial charge is 0.163 e. The molecule has 2 nitrogen and oxygen atoms in total. The third-order valence-corrected chi connectivity index (χ3v) is 3.51. The first-order valence-electron chi connectivity index (χ1n) is 7.27. The lowest BCUT2D eigenvalue weighted by Crippen LogP contribution is -2.20. The van der Waals surface area contributed by atoms with Gasteiger partial charge in [-0.2, -0.15) is 0 Å². The third kappa shape index (κ3) is 5.15. The van der Waals surface area contributed by atoms with Crippen molar-refractivity contribution in [3.05, 3.63) is 35.4 Å². The summed E-state index contributed by atoms with van der Waals surface area (Å²) in [4.78, 5) is 12.2. The van der Waals surface area contributed by atoms with Gasteiger partial charge >= 0.3 is 0 Å². The van der Waals surface area contributed by atoms with Crippen molar-refractivity contribution < 1.29 is 4.79 Å². The highest BCUT2D eigenvalue weighted by Gasteiger charge is 2.15. The number of carbonyl (C=O) groups is 1. The second-order valence-electron chi connectivity index (χ2n) is 6.14. The maximum absolute atomic E-state index is 12.2. The Morgan fingerprint density at radius 2 is 1.68 bits per heavy atom. The fourth-order valence-electron chi connectivity index (χ4n) is 2.36. The van der Waals surface area contributed by atoms with Crippen LogP contribution >= 0.6 is 0 Å². The van der Waals surface area contributed by atoms with Gasteiger partial charge in [0.05, 0.1) is 0 Å². The number of hydrogen-bond acceptors (Lipinski definition) is 2. The van der Waals surface area contributed by atoms with Gasteiger partial charge in [-0.25, -0.2) is 0 Å². The summed E-state index contributed by atoms with van der Waals surface area (Å²) < 4.78 is 0. The van der Waals surface area contributed by atoms with E-state index >= 15 is 0 Å². The van der Waals surface area contributed by atoms with Gasteiger partial charge in [0.15, 0.2) is 5.78 Å². The molecule has 1 atom stereocenters. The van der Waals surface area contributed by atoms with Crippen molar-refractivity contribution in [2.24, 2.45) is 17.6 Å². The van der Waals surface area contributed by atoms with Crippen LogP contribution < -0.4 is 5.73 Å². The van der Waals surface area contributed by atoms with Crippen LogP contribution in [0.15, 0.2) is 24.3 Å². The van der Waals surface area contributed by atoms with Crippen molar-refractivity contribution in [1.29, 1.82) is 0 Å². The zero-order valence-corrected chi connectivity index (χ0v) is 12.6. The van der Waals surface area contributed by atoms with Crippen LogP contribution in [0.3, 0.4) is 0 Å². The minimum absolute atomic E-state index is 0.214. The van der Waals surface area contributed by atoms with Crippen LogP contribution in [0.5, 0.6) is 0 Å². The summed E-state index contributed by atoms with van der Waals surface area (Å²) in [5, 5.41) is 0. The molecule has 1 aromatic rings. The van der Waals surface area contributed by atoms with Crippen LogP contribution in [-0.2, 0) is 0 Å². The van der Waals surface area contributed by atoms with Gasteiger partial charge in [-0.15, -0.1) is 0 Å². The monoisotopic (exact) mass is 261 g/mol. The molecule has 0 aliphatic heterocycles. The summed E-state index contributed by atoms with van der Waals surface area (Å²) in [6.07, 6.45) is 1.59. The van der Waals surface area contributed by atoms with E-state index in [1.807, 2.05) is 12.1 Å². The zero-order valence-electron chi connectivity index (χ0n) is 12.6. The fourth-order valence-corrected chi connectivity index (χ4v) is 2.36. The summed E-state index contributed by atoms with van der Waals surface area (Å²) in [7, 11) is 0. The number of hydrogen-bond donors (Lipinski definition) is 1. The Hall–Kier alpha value is -1.15. The highest BCUT2D eigenvalue weighted by Crippen LogP contribution is 2.19. The van der Waals surface area contributed by atoms with Gasteiger partial charge in [0, 0.05) is 12.0 Å². The van der Waals surface area contributed by atoms with E-state index in [2.05, 4.69) is 39.8 Å². The van der Waals surface area contributed by atoms with E-state index in [0.717, 1.165) is 12.0 Å². The molecule has 0 bridgehead atoms. The lowest BCUT2D eigenvalue weighted by atomic mass is 9.90. The first kappa shape index (κ1) is 15.9.